The summed E-state index contributed by atoms with van der Waals surface area (Å²) < 4.78 is 5.40. The maximum Gasteiger partial charge on any atom is 0.193 e. The zero-order valence-electron chi connectivity index (χ0n) is 17.7. The minimum Gasteiger partial charge on any atom is -0.379 e. The van der Waals surface area contributed by atoms with Gasteiger partial charge in [-0.25, -0.2) is 0 Å². The molecule has 1 N–H and O–H groups in total. The number of halogens is 2. The monoisotopic (exact) mass is 535 g/mol. The van der Waals surface area contributed by atoms with E-state index in [9.17, 15) is 0 Å². The van der Waals surface area contributed by atoms with Gasteiger partial charge in [-0.3, -0.25) is 9.89 Å². The summed E-state index contributed by atoms with van der Waals surface area (Å²) in [7, 11) is 1.88. The molecular formula is C21H35ClIN5O. The number of morpholine rings is 1. The lowest BCUT2D eigenvalue weighted by Crippen LogP contribution is -2.52. The first-order valence-corrected chi connectivity index (χ1v) is 10.8. The maximum atomic E-state index is 6.19. The van der Waals surface area contributed by atoms with E-state index in [0.717, 1.165) is 76.4 Å². The number of hydrogen-bond donors (Lipinski definition) is 1. The molecule has 0 saturated carbocycles. The van der Waals surface area contributed by atoms with Crippen LogP contribution in [0.5, 0.6) is 0 Å². The predicted octanol–water partition coefficient (Wildman–Crippen LogP) is 3.08. The Bertz CT molecular complexity index is 646. The highest BCUT2D eigenvalue weighted by atomic mass is 127. The van der Waals surface area contributed by atoms with E-state index in [4.69, 9.17) is 16.3 Å². The Labute approximate surface area is 197 Å². The topological polar surface area (TPSA) is 43.3 Å². The Kier molecular flexibility index (Phi) is 10.8. The standard InChI is InChI=1S/C21H34ClN5O.HI/c1-18-5-6-19(22)17-20(18)26-9-11-27(12-10-26)21(23-2)24-7-3-4-8-25-13-15-28-16-14-25;/h5-6,17H,3-4,7-16H2,1-2H3,(H,23,24);1H. The van der Waals surface area contributed by atoms with E-state index in [1.165, 1.54) is 24.2 Å². The summed E-state index contributed by atoms with van der Waals surface area (Å²) in [6.45, 7) is 12.1. The lowest BCUT2D eigenvalue weighted by Gasteiger charge is -2.38. The van der Waals surface area contributed by atoms with Gasteiger partial charge in [-0.05, 0) is 44.0 Å². The fourth-order valence-electron chi connectivity index (χ4n) is 3.90. The van der Waals surface area contributed by atoms with Crippen molar-refractivity contribution in [3.63, 3.8) is 0 Å². The van der Waals surface area contributed by atoms with E-state index in [1.807, 2.05) is 13.1 Å². The second-order valence-corrected chi connectivity index (χ2v) is 7.98. The van der Waals surface area contributed by atoms with Gasteiger partial charge in [-0.15, -0.1) is 24.0 Å². The third-order valence-corrected chi connectivity index (χ3v) is 5.83. The molecule has 0 radical (unpaired) electrons. The van der Waals surface area contributed by atoms with Crippen molar-refractivity contribution in [2.75, 3.05) is 77.5 Å². The highest BCUT2D eigenvalue weighted by molar-refractivity contribution is 14.0. The van der Waals surface area contributed by atoms with Crippen molar-refractivity contribution < 1.29 is 4.74 Å². The van der Waals surface area contributed by atoms with Gasteiger partial charge in [0.25, 0.3) is 0 Å². The van der Waals surface area contributed by atoms with Crippen molar-refractivity contribution in [2.24, 2.45) is 4.99 Å². The molecule has 6 nitrogen and oxygen atoms in total. The fourth-order valence-corrected chi connectivity index (χ4v) is 4.07. The molecule has 2 aliphatic rings. The molecule has 2 saturated heterocycles. The second-order valence-electron chi connectivity index (χ2n) is 7.54. The van der Waals surface area contributed by atoms with Gasteiger partial charge in [-0.1, -0.05) is 17.7 Å². The zero-order chi connectivity index (χ0) is 19.8. The number of unbranched alkanes of at least 4 members (excludes halogenated alkanes) is 1. The van der Waals surface area contributed by atoms with Gasteiger partial charge in [0.05, 0.1) is 13.2 Å². The number of anilines is 1. The van der Waals surface area contributed by atoms with Crippen molar-refractivity contribution in [3.05, 3.63) is 28.8 Å². The molecule has 0 atom stereocenters. The summed E-state index contributed by atoms with van der Waals surface area (Å²) in [4.78, 5) is 11.8. The Hall–Kier alpha value is -0.770. The van der Waals surface area contributed by atoms with Gasteiger partial charge < -0.3 is 19.9 Å². The van der Waals surface area contributed by atoms with Gasteiger partial charge >= 0.3 is 0 Å². The van der Waals surface area contributed by atoms with E-state index in [1.54, 1.807) is 0 Å². The van der Waals surface area contributed by atoms with Crippen molar-refractivity contribution >= 4 is 47.2 Å². The number of rotatable bonds is 6. The van der Waals surface area contributed by atoms with Crippen LogP contribution in [0.15, 0.2) is 23.2 Å². The van der Waals surface area contributed by atoms with Gasteiger partial charge in [-0.2, -0.15) is 0 Å². The number of hydrogen-bond acceptors (Lipinski definition) is 4. The first-order chi connectivity index (χ1) is 13.7. The van der Waals surface area contributed by atoms with Crippen molar-refractivity contribution in [1.82, 2.24) is 15.1 Å². The van der Waals surface area contributed by atoms with Crippen LogP contribution in [0.3, 0.4) is 0 Å². The summed E-state index contributed by atoms with van der Waals surface area (Å²) >= 11 is 6.19. The first kappa shape index (κ1) is 24.5. The average Bonchev–Trinajstić information content (AvgIpc) is 2.73. The molecule has 2 fully saturated rings. The Morgan fingerprint density at radius 1 is 1.10 bits per heavy atom. The Morgan fingerprint density at radius 3 is 2.52 bits per heavy atom. The highest BCUT2D eigenvalue weighted by Gasteiger charge is 2.20. The normalized spacial score (nSPS) is 18.5. The van der Waals surface area contributed by atoms with E-state index in [0.29, 0.717) is 0 Å². The molecule has 0 amide bonds. The minimum absolute atomic E-state index is 0. The van der Waals surface area contributed by atoms with Crippen LogP contribution in [0, 0.1) is 6.92 Å². The molecule has 0 bridgehead atoms. The van der Waals surface area contributed by atoms with Crippen molar-refractivity contribution in [3.8, 4) is 0 Å². The summed E-state index contributed by atoms with van der Waals surface area (Å²) in [6, 6.07) is 6.14. The van der Waals surface area contributed by atoms with Crippen LogP contribution in [-0.2, 0) is 4.74 Å². The SMILES string of the molecule is CN=C(NCCCCN1CCOCC1)N1CCN(c2cc(Cl)ccc2C)CC1.I. The van der Waals surface area contributed by atoms with Crippen LogP contribution in [0.4, 0.5) is 5.69 Å². The molecule has 0 unspecified atom stereocenters. The molecule has 29 heavy (non-hydrogen) atoms. The second kappa shape index (κ2) is 12.8. The quantitative estimate of drug-likeness (QED) is 0.263. The van der Waals surface area contributed by atoms with E-state index < -0.39 is 0 Å². The molecule has 164 valence electrons. The number of aliphatic imine (C=N–C) groups is 1. The van der Waals surface area contributed by atoms with Crippen molar-refractivity contribution in [2.45, 2.75) is 19.8 Å². The highest BCUT2D eigenvalue weighted by Crippen LogP contribution is 2.25. The Balaban J connectivity index is 0.00000300. The van der Waals surface area contributed by atoms with E-state index >= 15 is 0 Å². The van der Waals surface area contributed by atoms with Crippen LogP contribution in [0.2, 0.25) is 5.02 Å². The number of nitrogens with one attached hydrogen (secondary N) is 1. The molecule has 0 aromatic heterocycles. The minimum atomic E-state index is 0. The number of guanidine groups is 1. The lowest BCUT2D eigenvalue weighted by atomic mass is 10.1. The molecule has 3 rings (SSSR count). The summed E-state index contributed by atoms with van der Waals surface area (Å²) in [6.07, 6.45) is 2.38. The van der Waals surface area contributed by atoms with Gasteiger partial charge in [0.15, 0.2) is 5.96 Å². The van der Waals surface area contributed by atoms with Crippen molar-refractivity contribution in [1.29, 1.82) is 0 Å². The van der Waals surface area contributed by atoms with Crippen LogP contribution >= 0.6 is 35.6 Å². The Morgan fingerprint density at radius 2 is 1.83 bits per heavy atom. The van der Waals surface area contributed by atoms with Gasteiger partial charge in [0, 0.05) is 63.6 Å². The van der Waals surface area contributed by atoms with Crippen LogP contribution in [0.1, 0.15) is 18.4 Å². The van der Waals surface area contributed by atoms with E-state index in [-0.39, 0.29) is 24.0 Å². The van der Waals surface area contributed by atoms with Crippen LogP contribution in [-0.4, -0.2) is 88.4 Å². The largest absolute Gasteiger partial charge is 0.379 e. The molecule has 0 spiro atoms. The molecule has 1 aromatic carbocycles. The molecule has 0 aliphatic carbocycles. The third-order valence-electron chi connectivity index (χ3n) is 5.59. The molecular weight excluding hydrogens is 501 g/mol. The smallest absolute Gasteiger partial charge is 0.193 e. The third kappa shape index (κ3) is 7.45. The number of piperazine rings is 1. The number of nitrogens with zero attached hydrogens (tertiary/aromatic N) is 4. The van der Waals surface area contributed by atoms with E-state index in [2.05, 4.69) is 44.1 Å². The number of benzene rings is 1. The molecule has 2 aliphatic heterocycles. The van der Waals surface area contributed by atoms with Crippen LogP contribution < -0.4 is 10.2 Å². The summed E-state index contributed by atoms with van der Waals surface area (Å²) in [5.74, 6) is 1.02. The zero-order valence-corrected chi connectivity index (χ0v) is 20.8. The summed E-state index contributed by atoms with van der Waals surface area (Å²) in [5.41, 5.74) is 2.53. The number of ether oxygens (including phenoxy) is 1. The summed E-state index contributed by atoms with van der Waals surface area (Å²) in [5, 5.41) is 4.35. The lowest BCUT2D eigenvalue weighted by molar-refractivity contribution is 0.0372. The average molecular weight is 536 g/mol. The number of aryl methyl sites for hydroxylation is 1. The van der Waals surface area contributed by atoms with Gasteiger partial charge in [0.2, 0.25) is 0 Å². The maximum absolute atomic E-state index is 6.19. The first-order valence-electron chi connectivity index (χ1n) is 10.4. The molecule has 8 heteroatoms. The molecule has 2 heterocycles. The predicted molar refractivity (Wildman–Crippen MR) is 133 cm³/mol. The van der Waals surface area contributed by atoms with Gasteiger partial charge in [0.1, 0.15) is 0 Å². The fraction of sp³-hybridized carbons (Fsp3) is 0.667. The van der Waals surface area contributed by atoms with Crippen LogP contribution in [0.25, 0.3) is 0 Å². The molecule has 1 aromatic rings.